The van der Waals surface area contributed by atoms with Crippen molar-refractivity contribution in [1.29, 1.82) is 5.26 Å². The van der Waals surface area contributed by atoms with E-state index in [2.05, 4.69) is 16.0 Å². The molecule has 0 radical (unpaired) electrons. The van der Waals surface area contributed by atoms with Crippen LogP contribution < -0.4 is 11.3 Å². The van der Waals surface area contributed by atoms with Gasteiger partial charge in [0.25, 0.3) is 5.56 Å². The number of nitrogen functional groups attached to an aromatic ring is 1. The van der Waals surface area contributed by atoms with E-state index in [1.165, 1.54) is 17.8 Å². The van der Waals surface area contributed by atoms with Crippen molar-refractivity contribution >= 4 is 17.6 Å². The fourth-order valence-corrected chi connectivity index (χ4v) is 2.66. The van der Waals surface area contributed by atoms with Gasteiger partial charge in [0.2, 0.25) is 0 Å². The number of aromatic nitrogens is 2. The average molecular weight is 272 g/mol. The molecule has 3 N–H and O–H groups in total. The van der Waals surface area contributed by atoms with E-state index in [-0.39, 0.29) is 16.6 Å². The summed E-state index contributed by atoms with van der Waals surface area (Å²) in [6, 6.07) is 13.0. The summed E-state index contributed by atoms with van der Waals surface area (Å²) in [5, 5.41) is 9.24. The maximum atomic E-state index is 11.3. The number of H-pyrrole nitrogens is 1. The molecule has 0 aliphatic carbocycles. The number of nitrogens with two attached hydrogens (primary N) is 1. The number of benzene rings is 1. The molecule has 0 saturated heterocycles. The number of anilines is 1. The molecule has 0 fully saturated rings. The Morgan fingerprint density at radius 1 is 1.42 bits per heavy atom. The van der Waals surface area contributed by atoms with E-state index in [0.717, 1.165) is 5.56 Å². The molecule has 2 aromatic rings. The average Bonchev–Trinajstić information content (AvgIpc) is 2.38. The van der Waals surface area contributed by atoms with Gasteiger partial charge in [0.1, 0.15) is 5.82 Å². The Balaban J connectivity index is 2.27. The van der Waals surface area contributed by atoms with Crippen LogP contribution in [0.2, 0.25) is 0 Å². The molecule has 0 spiro atoms. The molecular formula is C13H12N4OS. The minimum atomic E-state index is -0.293. The predicted molar refractivity (Wildman–Crippen MR) is 74.5 cm³/mol. The summed E-state index contributed by atoms with van der Waals surface area (Å²) in [7, 11) is 0. The Bertz CT molecular complexity index is 648. The third-order valence-electron chi connectivity index (χ3n) is 2.44. The first-order valence-corrected chi connectivity index (χ1v) is 6.52. The lowest BCUT2D eigenvalue weighted by Gasteiger charge is -2.12. The summed E-state index contributed by atoms with van der Waals surface area (Å²) in [4.78, 5) is 18.0. The molecule has 19 heavy (non-hydrogen) atoms. The number of hydrogen-bond donors (Lipinski definition) is 2. The third kappa shape index (κ3) is 3.60. The normalized spacial score (nSPS) is 11.7. The van der Waals surface area contributed by atoms with Gasteiger partial charge < -0.3 is 10.7 Å². The van der Waals surface area contributed by atoms with E-state index < -0.39 is 0 Å². The molecule has 0 saturated carbocycles. The summed E-state index contributed by atoms with van der Waals surface area (Å²) >= 11 is 1.33. The molecule has 96 valence electrons. The summed E-state index contributed by atoms with van der Waals surface area (Å²) in [5.74, 6) is 0.176. The lowest BCUT2D eigenvalue weighted by atomic mass is 10.1. The van der Waals surface area contributed by atoms with E-state index in [0.29, 0.717) is 11.6 Å². The van der Waals surface area contributed by atoms with Crippen LogP contribution in [0.1, 0.15) is 17.2 Å². The van der Waals surface area contributed by atoms with Gasteiger partial charge in [-0.2, -0.15) is 5.26 Å². The van der Waals surface area contributed by atoms with Crippen LogP contribution in [-0.4, -0.2) is 9.97 Å². The highest BCUT2D eigenvalue weighted by Crippen LogP contribution is 2.35. The number of nitrogens with one attached hydrogen (secondary N) is 1. The van der Waals surface area contributed by atoms with E-state index in [1.807, 2.05) is 30.3 Å². The lowest BCUT2D eigenvalue weighted by molar-refractivity contribution is 0.914. The zero-order chi connectivity index (χ0) is 13.7. The second kappa shape index (κ2) is 6.07. The number of nitriles is 1. The van der Waals surface area contributed by atoms with Crippen molar-refractivity contribution < 1.29 is 0 Å². The van der Waals surface area contributed by atoms with Crippen LogP contribution in [0.4, 0.5) is 5.82 Å². The van der Waals surface area contributed by atoms with Crippen LogP contribution >= 0.6 is 11.8 Å². The van der Waals surface area contributed by atoms with E-state index in [1.54, 1.807) is 0 Å². The fourth-order valence-electron chi connectivity index (χ4n) is 1.62. The number of hydrogen-bond acceptors (Lipinski definition) is 5. The molecule has 1 aromatic heterocycles. The maximum Gasteiger partial charge on any atom is 0.253 e. The van der Waals surface area contributed by atoms with Crippen LogP contribution in [0.5, 0.6) is 0 Å². The number of rotatable bonds is 4. The van der Waals surface area contributed by atoms with E-state index >= 15 is 0 Å². The van der Waals surface area contributed by atoms with Crippen molar-refractivity contribution in [2.24, 2.45) is 0 Å². The van der Waals surface area contributed by atoms with E-state index in [9.17, 15) is 4.79 Å². The van der Waals surface area contributed by atoms with Gasteiger partial charge in [-0.15, -0.1) is 0 Å². The van der Waals surface area contributed by atoms with Crippen molar-refractivity contribution in [3.63, 3.8) is 0 Å². The van der Waals surface area contributed by atoms with E-state index in [4.69, 9.17) is 11.0 Å². The Morgan fingerprint density at radius 3 is 2.79 bits per heavy atom. The Kier molecular flexibility index (Phi) is 4.21. The monoisotopic (exact) mass is 272 g/mol. The lowest BCUT2D eigenvalue weighted by Crippen LogP contribution is -2.10. The molecule has 2 rings (SSSR count). The Morgan fingerprint density at radius 2 is 2.16 bits per heavy atom. The van der Waals surface area contributed by atoms with Crippen LogP contribution in [-0.2, 0) is 0 Å². The molecule has 1 atom stereocenters. The molecule has 1 unspecified atom stereocenters. The van der Waals surface area contributed by atoms with Crippen molar-refractivity contribution in [3.05, 3.63) is 52.3 Å². The second-order valence-electron chi connectivity index (χ2n) is 3.85. The van der Waals surface area contributed by atoms with Crippen molar-refractivity contribution in [1.82, 2.24) is 9.97 Å². The molecule has 1 aromatic carbocycles. The standard InChI is InChI=1S/C13H12N4OS/c14-7-6-10(9-4-2-1-3-5-9)19-13-16-11(15)8-12(18)17-13/h1-5,8,10H,6H2,(H3,15,16,17,18). The first-order valence-electron chi connectivity index (χ1n) is 5.64. The van der Waals surface area contributed by atoms with Gasteiger partial charge in [0.15, 0.2) is 5.16 Å². The zero-order valence-corrected chi connectivity index (χ0v) is 10.9. The van der Waals surface area contributed by atoms with Crippen molar-refractivity contribution in [2.75, 3.05) is 5.73 Å². The van der Waals surface area contributed by atoms with Gasteiger partial charge in [-0.3, -0.25) is 4.79 Å². The summed E-state index contributed by atoms with van der Waals surface area (Å²) < 4.78 is 0. The third-order valence-corrected chi connectivity index (χ3v) is 3.58. The van der Waals surface area contributed by atoms with Gasteiger partial charge in [0.05, 0.1) is 17.7 Å². The SMILES string of the molecule is N#CCC(Sc1nc(N)cc(=O)[nH]1)c1ccccc1. The Hall–Kier alpha value is -2.26. The number of nitrogens with zero attached hydrogens (tertiary/aromatic N) is 2. The van der Waals surface area contributed by atoms with Gasteiger partial charge in [-0.25, -0.2) is 4.98 Å². The van der Waals surface area contributed by atoms with Gasteiger partial charge in [0, 0.05) is 6.07 Å². The van der Waals surface area contributed by atoms with Gasteiger partial charge in [-0.05, 0) is 5.56 Å². The van der Waals surface area contributed by atoms with Crippen LogP contribution in [0.15, 0.2) is 46.3 Å². The minimum absolute atomic E-state index is 0.0869. The fraction of sp³-hybridized carbons (Fsp3) is 0.154. The van der Waals surface area contributed by atoms with Crippen molar-refractivity contribution in [3.8, 4) is 6.07 Å². The summed E-state index contributed by atoms with van der Waals surface area (Å²) in [6.07, 6.45) is 0.327. The first-order chi connectivity index (χ1) is 9.19. The number of thioether (sulfide) groups is 1. The topological polar surface area (TPSA) is 95.6 Å². The smallest absolute Gasteiger partial charge is 0.253 e. The molecule has 0 bridgehead atoms. The highest BCUT2D eigenvalue weighted by molar-refractivity contribution is 7.99. The zero-order valence-electron chi connectivity index (χ0n) is 10.0. The molecule has 1 heterocycles. The summed E-state index contributed by atoms with van der Waals surface area (Å²) in [5.41, 5.74) is 6.26. The van der Waals surface area contributed by atoms with Crippen LogP contribution in [0.3, 0.4) is 0 Å². The highest BCUT2D eigenvalue weighted by atomic mass is 32.2. The minimum Gasteiger partial charge on any atom is -0.383 e. The quantitative estimate of drug-likeness (QED) is 0.656. The van der Waals surface area contributed by atoms with Gasteiger partial charge in [-0.1, -0.05) is 42.1 Å². The Labute approximate surface area is 114 Å². The largest absolute Gasteiger partial charge is 0.383 e. The van der Waals surface area contributed by atoms with Gasteiger partial charge >= 0.3 is 0 Å². The molecular weight excluding hydrogens is 260 g/mol. The highest BCUT2D eigenvalue weighted by Gasteiger charge is 2.14. The van der Waals surface area contributed by atoms with Crippen molar-refractivity contribution in [2.45, 2.75) is 16.8 Å². The second-order valence-corrected chi connectivity index (χ2v) is 5.05. The predicted octanol–water partition coefficient (Wildman–Crippen LogP) is 2.10. The molecule has 5 nitrogen and oxygen atoms in total. The van der Waals surface area contributed by atoms with Crippen LogP contribution in [0, 0.1) is 11.3 Å². The maximum absolute atomic E-state index is 11.3. The van der Waals surface area contributed by atoms with Crippen LogP contribution in [0.25, 0.3) is 0 Å². The molecule has 0 amide bonds. The summed E-state index contributed by atoms with van der Waals surface area (Å²) in [6.45, 7) is 0. The first kappa shape index (κ1) is 13.2. The molecule has 0 aliphatic rings. The molecule has 0 aliphatic heterocycles. The molecule has 6 heteroatoms. The number of aromatic amines is 1.